The molecule has 148 valence electrons. The molecule has 0 amide bonds. The molecular weight excluding hydrogens is 378 g/mol. The fourth-order valence-electron chi connectivity index (χ4n) is 3.73. The van der Waals surface area contributed by atoms with Crippen LogP contribution < -0.4 is 0 Å². The molecule has 0 atom stereocenters. The molecule has 0 aliphatic rings. The standard InChI is InChI=1S/C28H21N3/c1-20-30-27(24-12-10-22(11-13-24)23-14-16-29-17-15-23)19-28(31-20)26-9-5-8-25(18-26)21-6-3-2-4-7-21/h2-19H,1H3. The number of aryl methyl sites for hydroxylation is 1. The maximum atomic E-state index is 4.71. The van der Waals surface area contributed by atoms with Crippen LogP contribution in [0.3, 0.4) is 0 Å². The number of rotatable bonds is 4. The Balaban J connectivity index is 1.50. The van der Waals surface area contributed by atoms with E-state index in [9.17, 15) is 0 Å². The molecule has 0 aliphatic carbocycles. The van der Waals surface area contributed by atoms with Gasteiger partial charge in [0.1, 0.15) is 5.82 Å². The summed E-state index contributed by atoms with van der Waals surface area (Å²) in [6.07, 6.45) is 3.62. The molecule has 2 heterocycles. The summed E-state index contributed by atoms with van der Waals surface area (Å²) in [5.41, 5.74) is 8.70. The van der Waals surface area contributed by atoms with Gasteiger partial charge in [-0.05, 0) is 53.4 Å². The number of hydrogen-bond donors (Lipinski definition) is 0. The lowest BCUT2D eigenvalue weighted by molar-refractivity contribution is 1.06. The third kappa shape index (κ3) is 4.12. The quantitative estimate of drug-likeness (QED) is 0.332. The molecule has 0 N–H and O–H groups in total. The number of aromatic nitrogens is 3. The van der Waals surface area contributed by atoms with E-state index in [0.29, 0.717) is 0 Å². The van der Waals surface area contributed by atoms with E-state index in [4.69, 9.17) is 9.97 Å². The van der Waals surface area contributed by atoms with Gasteiger partial charge < -0.3 is 0 Å². The van der Waals surface area contributed by atoms with Crippen LogP contribution in [0.15, 0.2) is 109 Å². The normalized spacial score (nSPS) is 10.7. The van der Waals surface area contributed by atoms with E-state index in [-0.39, 0.29) is 0 Å². The van der Waals surface area contributed by atoms with Crippen molar-refractivity contribution in [2.75, 3.05) is 0 Å². The summed E-state index contributed by atoms with van der Waals surface area (Å²) in [6, 6.07) is 33.5. The average molecular weight is 399 g/mol. The van der Waals surface area contributed by atoms with E-state index in [1.54, 1.807) is 0 Å². The highest BCUT2D eigenvalue weighted by molar-refractivity contribution is 5.74. The third-order valence-electron chi connectivity index (χ3n) is 5.30. The van der Waals surface area contributed by atoms with E-state index in [1.165, 1.54) is 11.1 Å². The molecule has 3 nitrogen and oxygen atoms in total. The van der Waals surface area contributed by atoms with Crippen molar-refractivity contribution in [3.8, 4) is 44.8 Å². The molecule has 0 fully saturated rings. The fourth-order valence-corrected chi connectivity index (χ4v) is 3.73. The molecule has 3 aromatic carbocycles. The van der Waals surface area contributed by atoms with E-state index in [1.807, 2.05) is 37.5 Å². The SMILES string of the molecule is Cc1nc(-c2ccc(-c3ccncc3)cc2)cc(-c2cccc(-c3ccccc3)c2)n1. The van der Waals surface area contributed by atoms with Crippen LogP contribution in [0.5, 0.6) is 0 Å². The van der Waals surface area contributed by atoms with Gasteiger partial charge in [-0.2, -0.15) is 0 Å². The van der Waals surface area contributed by atoms with Crippen molar-refractivity contribution in [1.29, 1.82) is 0 Å². The van der Waals surface area contributed by atoms with Gasteiger partial charge in [0.25, 0.3) is 0 Å². The molecule has 0 saturated heterocycles. The number of pyridine rings is 1. The molecule has 0 aliphatic heterocycles. The summed E-state index contributed by atoms with van der Waals surface area (Å²) in [7, 11) is 0. The van der Waals surface area contributed by atoms with Crippen LogP contribution in [0.2, 0.25) is 0 Å². The first-order chi connectivity index (χ1) is 15.3. The second-order valence-corrected chi connectivity index (χ2v) is 7.45. The van der Waals surface area contributed by atoms with Gasteiger partial charge in [0, 0.05) is 23.5 Å². The van der Waals surface area contributed by atoms with Crippen molar-refractivity contribution in [3.63, 3.8) is 0 Å². The zero-order valence-electron chi connectivity index (χ0n) is 17.2. The summed E-state index contributed by atoms with van der Waals surface area (Å²) in [6.45, 7) is 1.94. The van der Waals surface area contributed by atoms with Gasteiger partial charge in [-0.3, -0.25) is 4.98 Å². The van der Waals surface area contributed by atoms with E-state index in [2.05, 4.69) is 83.8 Å². The van der Waals surface area contributed by atoms with Crippen molar-refractivity contribution >= 4 is 0 Å². The molecule has 31 heavy (non-hydrogen) atoms. The van der Waals surface area contributed by atoms with Crippen molar-refractivity contribution in [2.24, 2.45) is 0 Å². The van der Waals surface area contributed by atoms with Gasteiger partial charge in [0.05, 0.1) is 11.4 Å². The Morgan fingerprint density at radius 2 is 1.00 bits per heavy atom. The highest BCUT2D eigenvalue weighted by Crippen LogP contribution is 2.29. The first-order valence-corrected chi connectivity index (χ1v) is 10.3. The average Bonchev–Trinajstić information content (AvgIpc) is 2.85. The Labute approximate surface area is 182 Å². The predicted octanol–water partition coefficient (Wildman–Crippen LogP) is 6.85. The molecule has 0 spiro atoms. The Hall–Kier alpha value is -4.11. The van der Waals surface area contributed by atoms with Crippen molar-refractivity contribution in [1.82, 2.24) is 15.0 Å². The fraction of sp³-hybridized carbons (Fsp3) is 0.0357. The van der Waals surface area contributed by atoms with Gasteiger partial charge in [-0.1, -0.05) is 72.8 Å². The number of hydrogen-bond acceptors (Lipinski definition) is 3. The van der Waals surface area contributed by atoms with Crippen LogP contribution in [-0.4, -0.2) is 15.0 Å². The number of nitrogens with zero attached hydrogens (tertiary/aromatic N) is 3. The molecule has 0 radical (unpaired) electrons. The molecule has 0 unspecified atom stereocenters. The van der Waals surface area contributed by atoms with Crippen LogP contribution in [0, 0.1) is 6.92 Å². The second-order valence-electron chi connectivity index (χ2n) is 7.45. The largest absolute Gasteiger partial charge is 0.265 e. The molecule has 5 aromatic rings. The lowest BCUT2D eigenvalue weighted by Crippen LogP contribution is -1.95. The number of benzene rings is 3. The van der Waals surface area contributed by atoms with Crippen molar-refractivity contribution < 1.29 is 0 Å². The van der Waals surface area contributed by atoms with Crippen LogP contribution in [0.25, 0.3) is 44.8 Å². The minimum absolute atomic E-state index is 0.760. The van der Waals surface area contributed by atoms with E-state index >= 15 is 0 Å². The summed E-state index contributed by atoms with van der Waals surface area (Å²) in [5, 5.41) is 0. The van der Waals surface area contributed by atoms with E-state index < -0.39 is 0 Å². The van der Waals surface area contributed by atoms with Crippen LogP contribution in [0.4, 0.5) is 0 Å². The summed E-state index contributed by atoms with van der Waals surface area (Å²) >= 11 is 0. The van der Waals surface area contributed by atoms with Gasteiger partial charge >= 0.3 is 0 Å². The third-order valence-corrected chi connectivity index (χ3v) is 5.30. The molecule has 2 aromatic heterocycles. The first kappa shape index (κ1) is 18.9. The maximum absolute atomic E-state index is 4.71. The molecule has 0 saturated carbocycles. The smallest absolute Gasteiger partial charge is 0.126 e. The predicted molar refractivity (Wildman–Crippen MR) is 126 cm³/mol. The lowest BCUT2D eigenvalue weighted by Gasteiger charge is -2.09. The second kappa shape index (κ2) is 8.33. The maximum Gasteiger partial charge on any atom is 0.126 e. The Morgan fingerprint density at radius 3 is 1.74 bits per heavy atom. The zero-order valence-corrected chi connectivity index (χ0v) is 17.2. The zero-order chi connectivity index (χ0) is 21.0. The Morgan fingerprint density at radius 1 is 0.452 bits per heavy atom. The first-order valence-electron chi connectivity index (χ1n) is 10.3. The summed E-state index contributed by atoms with van der Waals surface area (Å²) in [5.74, 6) is 0.760. The Kier molecular flexibility index (Phi) is 5.07. The lowest BCUT2D eigenvalue weighted by atomic mass is 10.00. The molecule has 0 bridgehead atoms. The van der Waals surface area contributed by atoms with Gasteiger partial charge in [-0.25, -0.2) is 9.97 Å². The van der Waals surface area contributed by atoms with Crippen molar-refractivity contribution in [3.05, 3.63) is 115 Å². The summed E-state index contributed by atoms with van der Waals surface area (Å²) < 4.78 is 0. The highest BCUT2D eigenvalue weighted by Gasteiger charge is 2.08. The summed E-state index contributed by atoms with van der Waals surface area (Å²) in [4.78, 5) is 13.5. The molecule has 3 heteroatoms. The monoisotopic (exact) mass is 399 g/mol. The van der Waals surface area contributed by atoms with Crippen LogP contribution in [-0.2, 0) is 0 Å². The Bertz CT molecular complexity index is 1310. The minimum Gasteiger partial charge on any atom is -0.265 e. The van der Waals surface area contributed by atoms with Crippen LogP contribution >= 0.6 is 0 Å². The van der Waals surface area contributed by atoms with E-state index in [0.717, 1.165) is 39.5 Å². The highest BCUT2D eigenvalue weighted by atomic mass is 14.9. The molecular formula is C28H21N3. The molecule has 5 rings (SSSR count). The minimum atomic E-state index is 0.760. The van der Waals surface area contributed by atoms with Crippen LogP contribution in [0.1, 0.15) is 5.82 Å². The van der Waals surface area contributed by atoms with Gasteiger partial charge in [0.2, 0.25) is 0 Å². The van der Waals surface area contributed by atoms with Crippen molar-refractivity contribution in [2.45, 2.75) is 6.92 Å². The topological polar surface area (TPSA) is 38.7 Å². The van der Waals surface area contributed by atoms with Gasteiger partial charge in [-0.15, -0.1) is 0 Å². The van der Waals surface area contributed by atoms with Gasteiger partial charge in [0.15, 0.2) is 0 Å².